The molecular weight excluding hydrogens is 248 g/mol. The highest BCUT2D eigenvalue weighted by Gasteiger charge is 2.28. The maximum atomic E-state index is 11.6. The number of benzene rings is 1. The van der Waals surface area contributed by atoms with Crippen molar-refractivity contribution in [3.05, 3.63) is 34.9 Å². The maximum Gasteiger partial charge on any atom is 0.248 e. The third-order valence-electron chi connectivity index (χ3n) is 4.96. The van der Waals surface area contributed by atoms with Gasteiger partial charge in [-0.2, -0.15) is 0 Å². The fraction of sp³-hybridized carbons (Fsp3) is 0.588. The standard InChI is InChI=1S/C17H24N2O/c18-17(20)14-6-4-5-12-8-9-13(11-15(12)14)16-7-2-1-3-10-19-16/h4-6,13,16,19H,1-3,7-11H2,(H2,18,20). The molecule has 1 fully saturated rings. The molecule has 0 saturated carbocycles. The first kappa shape index (κ1) is 13.6. The third kappa shape index (κ3) is 2.73. The van der Waals surface area contributed by atoms with E-state index in [1.807, 2.05) is 12.1 Å². The summed E-state index contributed by atoms with van der Waals surface area (Å²) < 4.78 is 0. The molecule has 1 heterocycles. The summed E-state index contributed by atoms with van der Waals surface area (Å²) >= 11 is 0. The Kier molecular flexibility index (Phi) is 4.06. The molecule has 2 atom stereocenters. The predicted molar refractivity (Wildman–Crippen MR) is 80.7 cm³/mol. The highest BCUT2D eigenvalue weighted by atomic mass is 16.1. The second-order valence-electron chi connectivity index (χ2n) is 6.22. The fourth-order valence-corrected chi connectivity index (χ4v) is 3.85. The topological polar surface area (TPSA) is 55.1 Å². The van der Waals surface area contributed by atoms with Crippen LogP contribution >= 0.6 is 0 Å². The second-order valence-corrected chi connectivity index (χ2v) is 6.22. The number of primary amides is 1. The molecule has 2 unspecified atom stereocenters. The van der Waals surface area contributed by atoms with E-state index >= 15 is 0 Å². The number of amides is 1. The van der Waals surface area contributed by atoms with E-state index in [2.05, 4.69) is 11.4 Å². The van der Waals surface area contributed by atoms with Crippen LogP contribution in [0.3, 0.4) is 0 Å². The average molecular weight is 272 g/mol. The van der Waals surface area contributed by atoms with E-state index in [4.69, 9.17) is 5.73 Å². The predicted octanol–water partition coefficient (Wildman–Crippen LogP) is 2.42. The first-order valence-corrected chi connectivity index (χ1v) is 7.89. The molecule has 1 aromatic carbocycles. The van der Waals surface area contributed by atoms with Crippen LogP contribution in [-0.4, -0.2) is 18.5 Å². The van der Waals surface area contributed by atoms with Crippen LogP contribution in [0.15, 0.2) is 18.2 Å². The van der Waals surface area contributed by atoms with Crippen LogP contribution in [-0.2, 0) is 12.8 Å². The SMILES string of the molecule is NC(=O)c1cccc2c1CC(C1CCCCCN1)CC2. The van der Waals surface area contributed by atoms with Crippen LogP contribution in [0.1, 0.15) is 53.6 Å². The highest BCUT2D eigenvalue weighted by Crippen LogP contribution is 2.32. The molecule has 1 saturated heterocycles. The van der Waals surface area contributed by atoms with E-state index in [1.165, 1.54) is 43.2 Å². The van der Waals surface area contributed by atoms with Crippen molar-refractivity contribution in [2.45, 2.75) is 51.0 Å². The summed E-state index contributed by atoms with van der Waals surface area (Å²) in [6, 6.07) is 6.61. The first-order chi connectivity index (χ1) is 9.75. The summed E-state index contributed by atoms with van der Waals surface area (Å²) in [5.41, 5.74) is 8.80. The van der Waals surface area contributed by atoms with Crippen molar-refractivity contribution in [3.8, 4) is 0 Å². The summed E-state index contributed by atoms with van der Waals surface area (Å²) in [6.07, 6.45) is 8.57. The number of fused-ring (bicyclic) bond motifs is 1. The van der Waals surface area contributed by atoms with Crippen LogP contribution in [0.25, 0.3) is 0 Å². The molecule has 3 nitrogen and oxygen atoms in total. The van der Waals surface area contributed by atoms with Crippen molar-refractivity contribution < 1.29 is 4.79 Å². The Balaban J connectivity index is 1.81. The van der Waals surface area contributed by atoms with Crippen molar-refractivity contribution in [3.63, 3.8) is 0 Å². The molecule has 3 N–H and O–H groups in total. The lowest BCUT2D eigenvalue weighted by molar-refractivity contribution is 0.0998. The zero-order valence-electron chi connectivity index (χ0n) is 12.0. The fourth-order valence-electron chi connectivity index (χ4n) is 3.85. The maximum absolute atomic E-state index is 11.6. The van der Waals surface area contributed by atoms with Gasteiger partial charge in [-0.05, 0) is 61.8 Å². The van der Waals surface area contributed by atoms with Gasteiger partial charge in [-0.1, -0.05) is 25.0 Å². The average Bonchev–Trinajstić information content (AvgIpc) is 2.75. The van der Waals surface area contributed by atoms with Gasteiger partial charge >= 0.3 is 0 Å². The number of rotatable bonds is 2. The van der Waals surface area contributed by atoms with Crippen molar-refractivity contribution in [1.82, 2.24) is 5.32 Å². The van der Waals surface area contributed by atoms with Crippen LogP contribution in [0, 0.1) is 5.92 Å². The third-order valence-corrected chi connectivity index (χ3v) is 4.96. The first-order valence-electron chi connectivity index (χ1n) is 7.89. The van der Waals surface area contributed by atoms with Gasteiger partial charge in [0.1, 0.15) is 0 Å². The number of nitrogens with two attached hydrogens (primary N) is 1. The van der Waals surface area contributed by atoms with E-state index in [0.29, 0.717) is 12.0 Å². The van der Waals surface area contributed by atoms with Gasteiger partial charge in [0.05, 0.1) is 0 Å². The van der Waals surface area contributed by atoms with Gasteiger partial charge in [-0.25, -0.2) is 0 Å². The van der Waals surface area contributed by atoms with E-state index in [-0.39, 0.29) is 5.91 Å². The summed E-state index contributed by atoms with van der Waals surface area (Å²) in [6.45, 7) is 1.14. The van der Waals surface area contributed by atoms with Gasteiger partial charge in [0.25, 0.3) is 0 Å². The lowest BCUT2D eigenvalue weighted by atomic mass is 9.77. The minimum Gasteiger partial charge on any atom is -0.366 e. The van der Waals surface area contributed by atoms with Crippen LogP contribution in [0.5, 0.6) is 0 Å². The van der Waals surface area contributed by atoms with Crippen LogP contribution < -0.4 is 11.1 Å². The molecule has 0 radical (unpaired) electrons. The van der Waals surface area contributed by atoms with Crippen molar-refractivity contribution in [1.29, 1.82) is 0 Å². The van der Waals surface area contributed by atoms with E-state index in [0.717, 1.165) is 24.9 Å². The van der Waals surface area contributed by atoms with Gasteiger partial charge in [0.2, 0.25) is 5.91 Å². The number of hydrogen-bond donors (Lipinski definition) is 2. The Bertz CT molecular complexity index is 490. The lowest BCUT2D eigenvalue weighted by Crippen LogP contribution is -2.38. The van der Waals surface area contributed by atoms with Crippen molar-refractivity contribution >= 4 is 5.91 Å². The number of aryl methyl sites for hydroxylation is 1. The smallest absolute Gasteiger partial charge is 0.248 e. The van der Waals surface area contributed by atoms with Gasteiger partial charge in [0, 0.05) is 11.6 Å². The lowest BCUT2D eigenvalue weighted by Gasteiger charge is -2.32. The summed E-state index contributed by atoms with van der Waals surface area (Å²) in [5, 5.41) is 3.71. The van der Waals surface area contributed by atoms with E-state index in [1.54, 1.807) is 0 Å². The molecule has 0 spiro atoms. The molecule has 1 aliphatic carbocycles. The Morgan fingerprint density at radius 2 is 2.10 bits per heavy atom. The highest BCUT2D eigenvalue weighted by molar-refractivity contribution is 5.94. The second kappa shape index (κ2) is 5.96. The quantitative estimate of drug-likeness (QED) is 0.868. The number of carbonyl (C=O) groups is 1. The Labute approximate surface area is 120 Å². The van der Waals surface area contributed by atoms with E-state index in [9.17, 15) is 4.79 Å². The van der Waals surface area contributed by atoms with Crippen LogP contribution in [0.4, 0.5) is 0 Å². The summed E-state index contributed by atoms with van der Waals surface area (Å²) in [4.78, 5) is 11.6. The zero-order chi connectivity index (χ0) is 13.9. The van der Waals surface area contributed by atoms with Gasteiger partial charge in [-0.3, -0.25) is 4.79 Å². The minimum absolute atomic E-state index is 0.281. The molecule has 20 heavy (non-hydrogen) atoms. The zero-order valence-corrected chi connectivity index (χ0v) is 12.0. The molecule has 0 bridgehead atoms. The molecule has 0 aromatic heterocycles. The largest absolute Gasteiger partial charge is 0.366 e. The van der Waals surface area contributed by atoms with Crippen molar-refractivity contribution in [2.24, 2.45) is 11.7 Å². The molecule has 1 aliphatic heterocycles. The Morgan fingerprint density at radius 1 is 1.20 bits per heavy atom. The van der Waals surface area contributed by atoms with E-state index < -0.39 is 0 Å². The number of carbonyl (C=O) groups excluding carboxylic acids is 1. The summed E-state index contributed by atoms with van der Waals surface area (Å²) in [5.74, 6) is 0.373. The van der Waals surface area contributed by atoms with Gasteiger partial charge < -0.3 is 11.1 Å². The number of hydrogen-bond acceptors (Lipinski definition) is 2. The normalized spacial score (nSPS) is 26.6. The molecule has 1 amide bonds. The van der Waals surface area contributed by atoms with Crippen molar-refractivity contribution in [2.75, 3.05) is 6.54 Å². The monoisotopic (exact) mass is 272 g/mol. The Hall–Kier alpha value is -1.35. The molecule has 3 heteroatoms. The summed E-state index contributed by atoms with van der Waals surface area (Å²) in [7, 11) is 0. The van der Waals surface area contributed by atoms with Crippen LogP contribution in [0.2, 0.25) is 0 Å². The molecule has 1 aromatic rings. The molecule has 108 valence electrons. The number of nitrogens with one attached hydrogen (secondary N) is 1. The van der Waals surface area contributed by atoms with Gasteiger partial charge in [-0.15, -0.1) is 0 Å². The minimum atomic E-state index is -0.281. The van der Waals surface area contributed by atoms with Gasteiger partial charge in [0.15, 0.2) is 0 Å². The molecule has 3 rings (SSSR count). The Morgan fingerprint density at radius 3 is 2.95 bits per heavy atom. The molecule has 2 aliphatic rings. The molecular formula is C17H24N2O.